The Morgan fingerprint density at radius 3 is 2.03 bits per heavy atom. The number of pyridine rings is 1. The van der Waals surface area contributed by atoms with Gasteiger partial charge in [-0.05, 0) is 74.0 Å². The SMILES string of the molecule is FC(F)(F)c1ccc(-c2ccc(-c3ccc(OCCN4CCCC4)cc3)nc2)cc1. The third-order valence-electron chi connectivity index (χ3n) is 5.33. The molecular formula is C24H23F3N2O. The summed E-state index contributed by atoms with van der Waals surface area (Å²) < 4.78 is 43.9. The number of alkyl halides is 3. The van der Waals surface area contributed by atoms with Crippen LogP contribution in [0.2, 0.25) is 0 Å². The number of halogens is 3. The van der Waals surface area contributed by atoms with Crippen LogP contribution in [0.3, 0.4) is 0 Å². The summed E-state index contributed by atoms with van der Waals surface area (Å²) in [6.07, 6.45) is -0.0954. The van der Waals surface area contributed by atoms with Gasteiger partial charge >= 0.3 is 6.18 Å². The van der Waals surface area contributed by atoms with Gasteiger partial charge < -0.3 is 4.74 Å². The summed E-state index contributed by atoms with van der Waals surface area (Å²) in [6.45, 7) is 3.96. The lowest BCUT2D eigenvalue weighted by Gasteiger charge is -2.15. The highest BCUT2D eigenvalue weighted by molar-refractivity contribution is 5.67. The fraction of sp³-hybridized carbons (Fsp3) is 0.292. The minimum Gasteiger partial charge on any atom is -0.492 e. The number of ether oxygens (including phenoxy) is 1. The summed E-state index contributed by atoms with van der Waals surface area (Å²) in [5.41, 5.74) is 2.58. The first-order valence-corrected chi connectivity index (χ1v) is 10.1. The molecule has 3 nitrogen and oxygen atoms in total. The molecule has 2 heterocycles. The maximum Gasteiger partial charge on any atom is 0.416 e. The predicted molar refractivity (Wildman–Crippen MR) is 111 cm³/mol. The average Bonchev–Trinajstić information content (AvgIpc) is 3.28. The van der Waals surface area contributed by atoms with E-state index < -0.39 is 11.7 Å². The van der Waals surface area contributed by atoms with Crippen molar-refractivity contribution in [2.24, 2.45) is 0 Å². The number of nitrogens with zero attached hydrogens (tertiary/aromatic N) is 2. The standard InChI is InChI=1S/C24H23F3N2O/c25-24(26,27)21-8-3-18(4-9-21)20-7-12-23(28-17-20)19-5-10-22(11-6-19)30-16-15-29-13-1-2-14-29/h3-12,17H,1-2,13-16H2. The quantitative estimate of drug-likeness (QED) is 0.503. The highest BCUT2D eigenvalue weighted by Crippen LogP contribution is 2.31. The van der Waals surface area contributed by atoms with E-state index in [1.54, 1.807) is 6.20 Å². The second kappa shape index (κ2) is 8.88. The number of hydrogen-bond acceptors (Lipinski definition) is 3. The second-order valence-corrected chi connectivity index (χ2v) is 7.43. The van der Waals surface area contributed by atoms with Gasteiger partial charge in [0.1, 0.15) is 12.4 Å². The van der Waals surface area contributed by atoms with Crippen LogP contribution in [0.25, 0.3) is 22.4 Å². The molecule has 0 aliphatic carbocycles. The van der Waals surface area contributed by atoms with Crippen LogP contribution >= 0.6 is 0 Å². The van der Waals surface area contributed by atoms with Crippen molar-refractivity contribution in [2.45, 2.75) is 19.0 Å². The summed E-state index contributed by atoms with van der Waals surface area (Å²) in [6, 6.07) is 16.6. The third kappa shape index (κ3) is 5.00. The Bertz CT molecular complexity index is 946. The maximum absolute atomic E-state index is 12.7. The zero-order chi connectivity index (χ0) is 21.0. The highest BCUT2D eigenvalue weighted by atomic mass is 19.4. The van der Waals surface area contributed by atoms with Crippen LogP contribution in [-0.2, 0) is 6.18 Å². The fourth-order valence-corrected chi connectivity index (χ4v) is 3.61. The van der Waals surface area contributed by atoms with E-state index in [-0.39, 0.29) is 0 Å². The topological polar surface area (TPSA) is 25.4 Å². The van der Waals surface area contributed by atoms with E-state index in [4.69, 9.17) is 4.74 Å². The summed E-state index contributed by atoms with van der Waals surface area (Å²) in [5, 5.41) is 0. The highest BCUT2D eigenvalue weighted by Gasteiger charge is 2.29. The lowest BCUT2D eigenvalue weighted by Crippen LogP contribution is -2.25. The van der Waals surface area contributed by atoms with Crippen molar-refractivity contribution >= 4 is 0 Å². The average molecular weight is 412 g/mol. The maximum atomic E-state index is 12.7. The Kier molecular flexibility index (Phi) is 6.04. The van der Waals surface area contributed by atoms with Crippen molar-refractivity contribution in [2.75, 3.05) is 26.2 Å². The molecule has 2 aromatic carbocycles. The van der Waals surface area contributed by atoms with Gasteiger partial charge in [-0.1, -0.05) is 18.2 Å². The van der Waals surface area contributed by atoms with Gasteiger partial charge in [0.15, 0.2) is 0 Å². The van der Waals surface area contributed by atoms with E-state index in [0.717, 1.165) is 54.3 Å². The van der Waals surface area contributed by atoms with E-state index in [2.05, 4.69) is 9.88 Å². The zero-order valence-corrected chi connectivity index (χ0v) is 16.5. The molecule has 0 amide bonds. The van der Waals surface area contributed by atoms with Crippen LogP contribution in [0.15, 0.2) is 66.9 Å². The molecule has 1 fully saturated rings. The fourth-order valence-electron chi connectivity index (χ4n) is 3.61. The molecule has 0 unspecified atom stereocenters. The normalized spacial score (nSPS) is 14.8. The Hall–Kier alpha value is -2.86. The van der Waals surface area contributed by atoms with Gasteiger partial charge in [-0.3, -0.25) is 9.88 Å². The monoisotopic (exact) mass is 412 g/mol. The number of aromatic nitrogens is 1. The molecule has 4 rings (SSSR count). The molecule has 0 N–H and O–H groups in total. The third-order valence-corrected chi connectivity index (χ3v) is 5.33. The van der Waals surface area contributed by atoms with Crippen LogP contribution in [0, 0.1) is 0 Å². The number of rotatable bonds is 6. The van der Waals surface area contributed by atoms with E-state index in [0.29, 0.717) is 12.2 Å². The largest absolute Gasteiger partial charge is 0.492 e. The van der Waals surface area contributed by atoms with E-state index >= 15 is 0 Å². The molecule has 0 bridgehead atoms. The van der Waals surface area contributed by atoms with Crippen LogP contribution in [0.4, 0.5) is 13.2 Å². The molecule has 0 atom stereocenters. The summed E-state index contributed by atoms with van der Waals surface area (Å²) in [4.78, 5) is 6.88. The number of likely N-dealkylation sites (tertiary alicyclic amines) is 1. The van der Waals surface area contributed by atoms with Crippen LogP contribution < -0.4 is 4.74 Å². The Morgan fingerprint density at radius 1 is 0.800 bits per heavy atom. The van der Waals surface area contributed by atoms with E-state index in [9.17, 15) is 13.2 Å². The van der Waals surface area contributed by atoms with Crippen molar-refractivity contribution in [1.29, 1.82) is 0 Å². The lowest BCUT2D eigenvalue weighted by atomic mass is 10.0. The first-order valence-electron chi connectivity index (χ1n) is 10.1. The molecule has 1 aromatic heterocycles. The zero-order valence-electron chi connectivity index (χ0n) is 16.5. The summed E-state index contributed by atoms with van der Waals surface area (Å²) in [7, 11) is 0. The summed E-state index contributed by atoms with van der Waals surface area (Å²) in [5.74, 6) is 0.833. The van der Waals surface area contributed by atoms with Crippen LogP contribution in [0.1, 0.15) is 18.4 Å². The number of benzene rings is 2. The number of hydrogen-bond donors (Lipinski definition) is 0. The van der Waals surface area contributed by atoms with Crippen molar-refractivity contribution < 1.29 is 17.9 Å². The van der Waals surface area contributed by atoms with Gasteiger partial charge in [-0.2, -0.15) is 13.2 Å². The van der Waals surface area contributed by atoms with Crippen LogP contribution in [0.5, 0.6) is 5.75 Å². The van der Waals surface area contributed by atoms with Gasteiger partial charge in [0.25, 0.3) is 0 Å². The molecule has 1 aliphatic rings. The Morgan fingerprint density at radius 2 is 1.43 bits per heavy atom. The van der Waals surface area contributed by atoms with Gasteiger partial charge in [0.2, 0.25) is 0 Å². The predicted octanol–water partition coefficient (Wildman–Crippen LogP) is 5.91. The lowest BCUT2D eigenvalue weighted by molar-refractivity contribution is -0.137. The second-order valence-electron chi connectivity index (χ2n) is 7.43. The molecule has 30 heavy (non-hydrogen) atoms. The molecule has 156 valence electrons. The minimum absolute atomic E-state index is 0.654. The van der Waals surface area contributed by atoms with Gasteiger partial charge in [-0.15, -0.1) is 0 Å². The minimum atomic E-state index is -4.33. The molecule has 1 saturated heterocycles. The molecule has 0 radical (unpaired) electrons. The van der Waals surface area contributed by atoms with Crippen molar-refractivity contribution in [3.05, 3.63) is 72.4 Å². The molecule has 1 aliphatic heterocycles. The molecule has 3 aromatic rings. The smallest absolute Gasteiger partial charge is 0.416 e. The van der Waals surface area contributed by atoms with Gasteiger partial charge in [-0.25, -0.2) is 0 Å². The van der Waals surface area contributed by atoms with Gasteiger partial charge in [0, 0.05) is 23.9 Å². The molecule has 6 heteroatoms. The van der Waals surface area contributed by atoms with Crippen LogP contribution in [-0.4, -0.2) is 36.1 Å². The Balaban J connectivity index is 1.37. The molecule has 0 saturated carbocycles. The Labute approximate surface area is 174 Å². The van der Waals surface area contributed by atoms with E-state index in [1.807, 2.05) is 36.4 Å². The molecular weight excluding hydrogens is 389 g/mol. The molecule has 0 spiro atoms. The van der Waals surface area contributed by atoms with Crippen molar-refractivity contribution in [3.63, 3.8) is 0 Å². The van der Waals surface area contributed by atoms with Crippen molar-refractivity contribution in [1.82, 2.24) is 9.88 Å². The first-order chi connectivity index (χ1) is 14.5. The van der Waals surface area contributed by atoms with E-state index in [1.165, 1.54) is 25.0 Å². The first kappa shape index (κ1) is 20.4. The summed E-state index contributed by atoms with van der Waals surface area (Å²) >= 11 is 0. The van der Waals surface area contributed by atoms with Gasteiger partial charge in [0.05, 0.1) is 11.3 Å². The van der Waals surface area contributed by atoms with Crippen molar-refractivity contribution in [3.8, 4) is 28.1 Å².